The first-order valence-electron chi connectivity index (χ1n) is 10.0. The van der Waals surface area contributed by atoms with Gasteiger partial charge < -0.3 is 9.66 Å². The van der Waals surface area contributed by atoms with E-state index in [9.17, 15) is 18.1 Å². The van der Waals surface area contributed by atoms with Crippen LogP contribution in [0.2, 0.25) is 0 Å². The first-order valence-corrected chi connectivity index (χ1v) is 11.5. The zero-order chi connectivity index (χ0) is 18.3. The molecule has 0 aromatic rings. The normalized spacial score (nSPS) is 14.1. The van der Waals surface area contributed by atoms with Crippen LogP contribution < -0.4 is 51.4 Å². The van der Waals surface area contributed by atoms with Crippen molar-refractivity contribution in [1.29, 1.82) is 0 Å². The summed E-state index contributed by atoms with van der Waals surface area (Å²) in [6.07, 6.45) is 15.7. The van der Waals surface area contributed by atoms with Crippen LogP contribution in [0, 0.1) is 0 Å². The van der Waals surface area contributed by atoms with Crippen molar-refractivity contribution in [2.75, 3.05) is 0 Å². The molecule has 0 rings (SSSR count). The standard InChI is InChI=1S/C19H40O4S.K/c1-3-5-7-8-9-10-11-12-13-14-15-16-18-19(20,17-6-4-2)24(21,22)23;/h20H,3-18H2,1-2H3,(H,21,22,23);/q;+1/p-1. The Hall–Kier alpha value is 1.51. The summed E-state index contributed by atoms with van der Waals surface area (Å²) in [5, 5.41) is 10.1. The van der Waals surface area contributed by atoms with Crippen LogP contribution in [0.15, 0.2) is 0 Å². The van der Waals surface area contributed by atoms with Gasteiger partial charge in [-0.2, -0.15) is 0 Å². The number of aliphatic hydroxyl groups is 1. The molecule has 4 nitrogen and oxygen atoms in total. The van der Waals surface area contributed by atoms with E-state index < -0.39 is 15.1 Å². The van der Waals surface area contributed by atoms with Crippen LogP contribution >= 0.6 is 0 Å². The zero-order valence-electron chi connectivity index (χ0n) is 16.9. The van der Waals surface area contributed by atoms with E-state index in [4.69, 9.17) is 0 Å². The summed E-state index contributed by atoms with van der Waals surface area (Å²) in [4.78, 5) is -2.05. The van der Waals surface area contributed by atoms with Crippen molar-refractivity contribution in [2.45, 2.75) is 122 Å². The molecule has 146 valence electrons. The SMILES string of the molecule is CCCCCCCCCCCCCCC(O)(CCCC)S(=O)(=O)[O-].[K+]. The van der Waals surface area contributed by atoms with Gasteiger partial charge >= 0.3 is 51.4 Å². The van der Waals surface area contributed by atoms with Crippen molar-refractivity contribution in [2.24, 2.45) is 0 Å². The molecule has 0 aliphatic heterocycles. The van der Waals surface area contributed by atoms with Gasteiger partial charge in [0.25, 0.3) is 0 Å². The van der Waals surface area contributed by atoms with Crippen molar-refractivity contribution in [3.63, 3.8) is 0 Å². The van der Waals surface area contributed by atoms with Crippen LogP contribution in [-0.4, -0.2) is 23.0 Å². The Morgan fingerprint density at radius 2 is 1.00 bits per heavy atom. The molecule has 0 bridgehead atoms. The molecule has 0 aliphatic rings. The molecule has 1 N–H and O–H groups in total. The molecule has 0 radical (unpaired) electrons. The number of hydrogen-bond acceptors (Lipinski definition) is 4. The maximum Gasteiger partial charge on any atom is 1.00 e. The number of unbranched alkanes of at least 4 members (excludes halogenated alkanes) is 12. The van der Waals surface area contributed by atoms with Gasteiger partial charge in [0.1, 0.15) is 10.1 Å². The van der Waals surface area contributed by atoms with Crippen molar-refractivity contribution in [3.8, 4) is 0 Å². The molecule has 0 aromatic carbocycles. The predicted molar refractivity (Wildman–Crippen MR) is 99.9 cm³/mol. The van der Waals surface area contributed by atoms with Gasteiger partial charge in [0.2, 0.25) is 0 Å². The van der Waals surface area contributed by atoms with Gasteiger partial charge in [0, 0.05) is 0 Å². The molecule has 0 saturated heterocycles. The largest absolute Gasteiger partial charge is 1.00 e. The minimum atomic E-state index is -4.65. The van der Waals surface area contributed by atoms with Crippen molar-refractivity contribution in [3.05, 3.63) is 0 Å². The average Bonchev–Trinajstić information content (AvgIpc) is 2.53. The second-order valence-corrected chi connectivity index (χ2v) is 8.81. The molecular formula is C19H39KO4S. The Labute approximate surface area is 199 Å². The van der Waals surface area contributed by atoms with E-state index in [0.717, 1.165) is 25.7 Å². The van der Waals surface area contributed by atoms with E-state index in [1.165, 1.54) is 51.4 Å². The van der Waals surface area contributed by atoms with Crippen LogP contribution in [0.25, 0.3) is 0 Å². The Kier molecular flexibility index (Phi) is 20.2. The molecule has 0 aromatic heterocycles. The molecule has 0 amide bonds. The van der Waals surface area contributed by atoms with Crippen LogP contribution in [0.1, 0.15) is 117 Å². The van der Waals surface area contributed by atoms with Crippen molar-refractivity contribution in [1.82, 2.24) is 0 Å². The molecule has 0 saturated carbocycles. The van der Waals surface area contributed by atoms with E-state index in [1.807, 2.05) is 6.92 Å². The number of rotatable bonds is 17. The van der Waals surface area contributed by atoms with Crippen LogP contribution in [0.4, 0.5) is 0 Å². The summed E-state index contributed by atoms with van der Waals surface area (Å²) < 4.78 is 33.9. The van der Waals surface area contributed by atoms with Crippen LogP contribution in [-0.2, 0) is 10.1 Å². The van der Waals surface area contributed by atoms with Crippen LogP contribution in [0.3, 0.4) is 0 Å². The van der Waals surface area contributed by atoms with Gasteiger partial charge in [-0.1, -0.05) is 90.9 Å². The van der Waals surface area contributed by atoms with Crippen molar-refractivity contribution < 1.29 is 69.5 Å². The van der Waals surface area contributed by atoms with E-state index in [0.29, 0.717) is 12.8 Å². The smallest absolute Gasteiger partial charge is 0.746 e. The summed E-state index contributed by atoms with van der Waals surface area (Å²) in [6.45, 7) is 4.15. The molecule has 25 heavy (non-hydrogen) atoms. The molecule has 0 fully saturated rings. The van der Waals surface area contributed by atoms with Gasteiger partial charge in [-0.3, -0.25) is 0 Å². The Morgan fingerprint density at radius 1 is 0.680 bits per heavy atom. The molecule has 1 atom stereocenters. The summed E-state index contributed by atoms with van der Waals surface area (Å²) >= 11 is 0. The van der Waals surface area contributed by atoms with Crippen LogP contribution in [0.5, 0.6) is 0 Å². The maximum absolute atomic E-state index is 11.3. The molecule has 1 unspecified atom stereocenters. The Morgan fingerprint density at radius 3 is 1.36 bits per heavy atom. The molecule has 6 heteroatoms. The second kappa shape index (κ2) is 17.6. The molecular weight excluding hydrogens is 363 g/mol. The second-order valence-electron chi connectivity index (χ2n) is 7.14. The van der Waals surface area contributed by atoms with Gasteiger partial charge in [0.15, 0.2) is 4.93 Å². The molecule has 0 aliphatic carbocycles. The summed E-state index contributed by atoms with van der Waals surface area (Å²) in [7, 11) is -4.65. The minimum Gasteiger partial charge on any atom is -0.746 e. The fourth-order valence-corrected chi connectivity index (χ4v) is 3.86. The van der Waals surface area contributed by atoms with E-state index in [2.05, 4.69) is 6.92 Å². The van der Waals surface area contributed by atoms with Gasteiger partial charge in [-0.15, -0.1) is 0 Å². The van der Waals surface area contributed by atoms with Gasteiger partial charge in [-0.25, -0.2) is 8.42 Å². The van der Waals surface area contributed by atoms with Gasteiger partial charge in [0.05, 0.1) is 0 Å². The third-order valence-corrected chi connectivity index (χ3v) is 6.15. The third-order valence-electron chi connectivity index (χ3n) is 4.81. The van der Waals surface area contributed by atoms with E-state index >= 15 is 0 Å². The molecule has 0 spiro atoms. The topological polar surface area (TPSA) is 77.4 Å². The fourth-order valence-electron chi connectivity index (χ4n) is 3.07. The van der Waals surface area contributed by atoms with Crippen molar-refractivity contribution >= 4 is 10.1 Å². The quantitative estimate of drug-likeness (QED) is 0.230. The Bertz CT molecular complexity index is 387. The minimum absolute atomic E-state index is 0. The zero-order valence-corrected chi connectivity index (χ0v) is 20.8. The summed E-state index contributed by atoms with van der Waals surface area (Å²) in [6, 6.07) is 0. The average molecular weight is 403 g/mol. The fraction of sp³-hybridized carbons (Fsp3) is 1.00. The first-order chi connectivity index (χ1) is 11.4. The predicted octanol–water partition coefficient (Wildman–Crippen LogP) is 2.51. The summed E-state index contributed by atoms with van der Waals surface area (Å²) in [5.41, 5.74) is 0. The third kappa shape index (κ3) is 15.1. The monoisotopic (exact) mass is 402 g/mol. The van der Waals surface area contributed by atoms with E-state index in [1.54, 1.807) is 0 Å². The van der Waals surface area contributed by atoms with E-state index in [-0.39, 0.29) is 64.2 Å². The molecule has 0 heterocycles. The Balaban J connectivity index is 0. The number of hydrogen-bond donors (Lipinski definition) is 1. The first kappa shape index (κ1) is 28.7. The van der Waals surface area contributed by atoms with Gasteiger partial charge in [-0.05, 0) is 25.7 Å². The maximum atomic E-state index is 11.3. The summed E-state index contributed by atoms with van der Waals surface area (Å²) in [5.74, 6) is 0.